The summed E-state index contributed by atoms with van der Waals surface area (Å²) in [7, 11) is 0. The van der Waals surface area contributed by atoms with Gasteiger partial charge in [0.15, 0.2) is 0 Å². The number of halogens is 1. The smallest absolute Gasteiger partial charge is 0.106 e. The van der Waals surface area contributed by atoms with Crippen LogP contribution in [0.1, 0.15) is 5.56 Å². The van der Waals surface area contributed by atoms with Crippen LogP contribution in [0.3, 0.4) is 0 Å². The summed E-state index contributed by atoms with van der Waals surface area (Å²) in [5.41, 5.74) is 2.36. The fraction of sp³-hybridized carbons (Fsp3) is 0.222. The Morgan fingerprint density at radius 1 is 1.27 bits per heavy atom. The highest BCUT2D eigenvalue weighted by atomic mass is 35.5. The second-order valence-corrected chi connectivity index (χ2v) is 2.86. The summed E-state index contributed by atoms with van der Waals surface area (Å²) in [5, 5.41) is 0. The van der Waals surface area contributed by atoms with E-state index in [1.54, 1.807) is 0 Å². The quantitative estimate of drug-likeness (QED) is 0.596. The molecule has 0 saturated heterocycles. The van der Waals surface area contributed by atoms with Crippen molar-refractivity contribution in [2.45, 2.75) is 6.04 Å². The fourth-order valence-electron chi connectivity index (χ4n) is 1.11. The molecule has 1 aliphatic rings. The summed E-state index contributed by atoms with van der Waals surface area (Å²) >= 11 is 5.63. The molecule has 2 heteroatoms. The first kappa shape index (κ1) is 6.86. The maximum atomic E-state index is 5.63. The van der Waals surface area contributed by atoms with Crippen LogP contribution in [0, 0.1) is 0 Å². The van der Waals surface area contributed by atoms with Gasteiger partial charge in [-0.1, -0.05) is 30.3 Å². The van der Waals surface area contributed by atoms with E-state index in [2.05, 4.69) is 17.1 Å². The lowest BCUT2D eigenvalue weighted by Gasteiger charge is -1.90. The van der Waals surface area contributed by atoms with Crippen molar-refractivity contribution in [2.75, 3.05) is 5.88 Å². The highest BCUT2D eigenvalue weighted by Gasteiger charge is 2.26. The van der Waals surface area contributed by atoms with E-state index in [1.165, 1.54) is 5.56 Å². The highest BCUT2D eigenvalue weighted by Crippen LogP contribution is 2.20. The van der Waals surface area contributed by atoms with Crippen LogP contribution < -0.4 is 0 Å². The lowest BCUT2D eigenvalue weighted by molar-refractivity contribution is 1.16. The summed E-state index contributed by atoms with van der Waals surface area (Å²) in [6.07, 6.45) is 0. The molecule has 0 fully saturated rings. The van der Waals surface area contributed by atoms with Crippen molar-refractivity contribution in [1.82, 2.24) is 0 Å². The number of rotatable bonds is 2. The van der Waals surface area contributed by atoms with Crippen molar-refractivity contribution in [3.05, 3.63) is 35.9 Å². The standard InChI is InChI=1S/C9H8ClN/c10-6-8-9(11-8)7-4-2-1-3-5-7/h1-5,8H,6H2. The van der Waals surface area contributed by atoms with E-state index < -0.39 is 0 Å². The van der Waals surface area contributed by atoms with E-state index in [0.29, 0.717) is 11.9 Å². The van der Waals surface area contributed by atoms with Gasteiger partial charge in [-0.05, 0) is 5.56 Å². The van der Waals surface area contributed by atoms with E-state index in [-0.39, 0.29) is 0 Å². The van der Waals surface area contributed by atoms with Crippen molar-refractivity contribution in [1.29, 1.82) is 0 Å². The molecule has 0 spiro atoms. The molecule has 0 bridgehead atoms. The van der Waals surface area contributed by atoms with Gasteiger partial charge in [-0.3, -0.25) is 4.99 Å². The lowest BCUT2D eigenvalue weighted by Crippen LogP contribution is -1.99. The number of nitrogens with zero attached hydrogens (tertiary/aromatic N) is 1. The molecule has 1 aromatic rings. The van der Waals surface area contributed by atoms with Crippen molar-refractivity contribution < 1.29 is 0 Å². The zero-order chi connectivity index (χ0) is 7.68. The Balaban J connectivity index is 2.15. The molecule has 0 N–H and O–H groups in total. The third-order valence-corrected chi connectivity index (χ3v) is 2.05. The van der Waals surface area contributed by atoms with Gasteiger partial charge in [0.25, 0.3) is 0 Å². The molecule has 0 saturated carbocycles. The van der Waals surface area contributed by atoms with Crippen molar-refractivity contribution in [3.63, 3.8) is 0 Å². The molecule has 56 valence electrons. The molecule has 1 unspecified atom stereocenters. The van der Waals surface area contributed by atoms with Gasteiger partial charge >= 0.3 is 0 Å². The molecule has 0 amide bonds. The van der Waals surface area contributed by atoms with Crippen LogP contribution in [0.4, 0.5) is 0 Å². The van der Waals surface area contributed by atoms with Crippen molar-refractivity contribution in [2.24, 2.45) is 4.99 Å². The summed E-state index contributed by atoms with van der Waals surface area (Å²) in [6, 6.07) is 10.4. The number of hydrogen-bond acceptors (Lipinski definition) is 1. The summed E-state index contributed by atoms with van der Waals surface area (Å²) in [4.78, 5) is 4.23. The molecule has 1 aliphatic heterocycles. The molecule has 0 radical (unpaired) electrons. The van der Waals surface area contributed by atoms with Crippen LogP contribution in [-0.2, 0) is 0 Å². The van der Waals surface area contributed by atoms with E-state index >= 15 is 0 Å². The van der Waals surface area contributed by atoms with Gasteiger partial charge in [0.2, 0.25) is 0 Å². The van der Waals surface area contributed by atoms with Crippen LogP contribution in [0.25, 0.3) is 0 Å². The van der Waals surface area contributed by atoms with Gasteiger partial charge < -0.3 is 0 Å². The zero-order valence-corrected chi connectivity index (χ0v) is 6.75. The van der Waals surface area contributed by atoms with Crippen LogP contribution in [0.2, 0.25) is 0 Å². The summed E-state index contributed by atoms with van der Waals surface area (Å²) < 4.78 is 0. The number of aliphatic imine (C=N–C) groups is 1. The predicted octanol–water partition coefficient (Wildman–Crippen LogP) is 2.10. The first-order valence-corrected chi connectivity index (χ1v) is 4.14. The average Bonchev–Trinajstić information content (AvgIpc) is 2.85. The monoisotopic (exact) mass is 165 g/mol. The molecule has 11 heavy (non-hydrogen) atoms. The second-order valence-electron chi connectivity index (χ2n) is 2.55. The lowest BCUT2D eigenvalue weighted by atomic mass is 10.1. The van der Waals surface area contributed by atoms with E-state index in [0.717, 1.165) is 5.71 Å². The van der Waals surface area contributed by atoms with Gasteiger partial charge in [-0.25, -0.2) is 0 Å². The van der Waals surface area contributed by atoms with Gasteiger partial charge in [0.05, 0.1) is 11.6 Å². The molecule has 2 rings (SSSR count). The fourth-order valence-corrected chi connectivity index (χ4v) is 1.33. The molecule has 0 aliphatic carbocycles. The minimum atomic E-state index is 0.291. The van der Waals surface area contributed by atoms with Crippen LogP contribution in [-0.4, -0.2) is 17.6 Å². The topological polar surface area (TPSA) is 12.4 Å². The van der Waals surface area contributed by atoms with E-state index in [9.17, 15) is 0 Å². The minimum Gasteiger partial charge on any atom is -0.276 e. The van der Waals surface area contributed by atoms with E-state index in [1.807, 2.05) is 18.2 Å². The van der Waals surface area contributed by atoms with Crippen molar-refractivity contribution >= 4 is 17.3 Å². The van der Waals surface area contributed by atoms with Crippen LogP contribution in [0.15, 0.2) is 35.3 Å². The van der Waals surface area contributed by atoms with Gasteiger partial charge in [0, 0.05) is 0 Å². The Labute approximate surface area is 70.7 Å². The average molecular weight is 166 g/mol. The molecule has 1 atom stereocenters. The molecule has 1 heterocycles. The SMILES string of the molecule is ClCC1N=C1c1ccccc1. The summed E-state index contributed by atoms with van der Waals surface area (Å²) in [6.45, 7) is 0. The third-order valence-electron chi connectivity index (χ3n) is 1.76. The Bertz CT molecular complexity index is 279. The minimum absolute atomic E-state index is 0.291. The molecular formula is C9H8ClN. The van der Waals surface area contributed by atoms with E-state index in [4.69, 9.17) is 11.6 Å². The van der Waals surface area contributed by atoms with Crippen molar-refractivity contribution in [3.8, 4) is 0 Å². The third kappa shape index (κ3) is 1.29. The number of alkyl halides is 1. The maximum Gasteiger partial charge on any atom is 0.106 e. The molecule has 1 nitrogen and oxygen atoms in total. The highest BCUT2D eigenvalue weighted by molar-refractivity contribution is 6.24. The Morgan fingerprint density at radius 3 is 2.55 bits per heavy atom. The largest absolute Gasteiger partial charge is 0.276 e. The second kappa shape index (κ2) is 2.67. The Morgan fingerprint density at radius 2 is 2.00 bits per heavy atom. The normalized spacial score (nSPS) is 21.2. The first-order valence-electron chi connectivity index (χ1n) is 3.61. The Hall–Kier alpha value is -0.820. The number of benzene rings is 1. The first-order chi connectivity index (χ1) is 5.42. The predicted molar refractivity (Wildman–Crippen MR) is 47.5 cm³/mol. The van der Waals surface area contributed by atoms with Crippen LogP contribution >= 0.6 is 11.6 Å². The van der Waals surface area contributed by atoms with Gasteiger partial charge in [-0.15, -0.1) is 11.6 Å². The number of hydrogen-bond donors (Lipinski definition) is 0. The zero-order valence-electron chi connectivity index (χ0n) is 6.00. The van der Waals surface area contributed by atoms with Crippen LogP contribution in [0.5, 0.6) is 0 Å². The molecular weight excluding hydrogens is 158 g/mol. The molecule has 0 aromatic heterocycles. The summed E-state index contributed by atoms with van der Waals surface area (Å²) in [5.74, 6) is 0.615. The van der Waals surface area contributed by atoms with Gasteiger partial charge in [0.1, 0.15) is 6.04 Å². The van der Waals surface area contributed by atoms with Gasteiger partial charge in [-0.2, -0.15) is 0 Å². The molecule has 1 aromatic carbocycles. The maximum absolute atomic E-state index is 5.63. The Kier molecular flexibility index (Phi) is 1.66.